The maximum absolute atomic E-state index is 12.7. The summed E-state index contributed by atoms with van der Waals surface area (Å²) in [4.78, 5) is 39.5. The summed E-state index contributed by atoms with van der Waals surface area (Å²) in [6.45, 7) is 3.78. The van der Waals surface area contributed by atoms with E-state index in [2.05, 4.69) is 5.32 Å². The molecule has 1 saturated heterocycles. The molecule has 1 aliphatic heterocycles. The molecule has 0 saturated carbocycles. The smallest absolute Gasteiger partial charge is 0.409 e. The number of hydrogen-bond acceptors (Lipinski definition) is 5. The molecule has 1 fully saturated rings. The van der Waals surface area contributed by atoms with E-state index in [0.717, 1.165) is 16.7 Å². The standard InChI is InChI=1S/C25H32N4O4/c1-3-33-25(32)29-13-11-22(12-14-29)27-24(31)20-9-7-19(8-10-20)21-6-4-5-18(15-21)17-28(2)23(30)16-26/h4-10,15,22H,3,11-14,16-17,26H2,1-2H3,(H,27,31). The number of ether oxygens (including phenoxy) is 1. The van der Waals surface area contributed by atoms with Crippen LogP contribution in [0.2, 0.25) is 0 Å². The average molecular weight is 453 g/mol. The van der Waals surface area contributed by atoms with Crippen LogP contribution in [0.3, 0.4) is 0 Å². The fourth-order valence-corrected chi connectivity index (χ4v) is 3.87. The molecule has 0 aromatic heterocycles. The predicted molar refractivity (Wildman–Crippen MR) is 126 cm³/mol. The van der Waals surface area contributed by atoms with E-state index in [1.54, 1.807) is 23.8 Å². The number of likely N-dealkylation sites (N-methyl/N-ethyl adjacent to an activating group) is 1. The normalized spacial score (nSPS) is 14.0. The number of benzene rings is 2. The van der Waals surface area contributed by atoms with Crippen LogP contribution in [0.25, 0.3) is 11.1 Å². The summed E-state index contributed by atoms with van der Waals surface area (Å²) < 4.78 is 5.03. The van der Waals surface area contributed by atoms with Crippen molar-refractivity contribution in [2.75, 3.05) is 33.3 Å². The summed E-state index contributed by atoms with van der Waals surface area (Å²) in [6.07, 6.45) is 1.12. The van der Waals surface area contributed by atoms with E-state index in [9.17, 15) is 14.4 Å². The first kappa shape index (κ1) is 24.3. The fourth-order valence-electron chi connectivity index (χ4n) is 3.87. The van der Waals surface area contributed by atoms with Crippen LogP contribution in [0.15, 0.2) is 48.5 Å². The third-order valence-corrected chi connectivity index (χ3v) is 5.78. The maximum atomic E-state index is 12.7. The van der Waals surface area contributed by atoms with Gasteiger partial charge in [-0.25, -0.2) is 4.79 Å². The lowest BCUT2D eigenvalue weighted by Gasteiger charge is -2.31. The highest BCUT2D eigenvalue weighted by atomic mass is 16.6. The number of carbonyl (C=O) groups excluding carboxylic acids is 3. The monoisotopic (exact) mass is 452 g/mol. The Kier molecular flexibility index (Phi) is 8.43. The second-order valence-corrected chi connectivity index (χ2v) is 8.17. The van der Waals surface area contributed by atoms with Crippen LogP contribution >= 0.6 is 0 Å². The molecule has 0 unspecified atom stereocenters. The minimum Gasteiger partial charge on any atom is -0.450 e. The molecule has 3 N–H and O–H groups in total. The zero-order chi connectivity index (χ0) is 23.8. The summed E-state index contributed by atoms with van der Waals surface area (Å²) in [5.41, 5.74) is 9.03. The van der Waals surface area contributed by atoms with Gasteiger partial charge >= 0.3 is 6.09 Å². The van der Waals surface area contributed by atoms with Gasteiger partial charge in [0, 0.05) is 38.3 Å². The average Bonchev–Trinajstić information content (AvgIpc) is 2.84. The summed E-state index contributed by atoms with van der Waals surface area (Å²) in [5, 5.41) is 3.07. The molecule has 8 nitrogen and oxygen atoms in total. The number of likely N-dealkylation sites (tertiary alicyclic amines) is 1. The third-order valence-electron chi connectivity index (χ3n) is 5.78. The lowest BCUT2D eigenvalue weighted by Crippen LogP contribution is -2.46. The Morgan fingerprint density at radius 1 is 1.09 bits per heavy atom. The number of hydrogen-bond donors (Lipinski definition) is 2. The number of nitrogens with zero attached hydrogens (tertiary/aromatic N) is 2. The Balaban J connectivity index is 1.57. The molecule has 8 heteroatoms. The minimum atomic E-state index is -0.292. The molecule has 2 aromatic rings. The molecule has 3 rings (SSSR count). The van der Waals surface area contributed by atoms with Crippen LogP contribution in [-0.2, 0) is 16.1 Å². The van der Waals surface area contributed by atoms with Crippen LogP contribution in [0.4, 0.5) is 4.79 Å². The van der Waals surface area contributed by atoms with E-state index in [4.69, 9.17) is 10.5 Å². The molecule has 0 bridgehead atoms. The molecule has 0 radical (unpaired) electrons. The molecule has 176 valence electrons. The topological polar surface area (TPSA) is 105 Å². The first-order chi connectivity index (χ1) is 15.9. The maximum Gasteiger partial charge on any atom is 0.409 e. The summed E-state index contributed by atoms with van der Waals surface area (Å²) in [6, 6.07) is 15.5. The number of amides is 3. The molecule has 1 heterocycles. The highest BCUT2D eigenvalue weighted by molar-refractivity contribution is 5.95. The van der Waals surface area contributed by atoms with Gasteiger partial charge in [-0.1, -0.05) is 30.3 Å². The van der Waals surface area contributed by atoms with Crippen molar-refractivity contribution in [2.24, 2.45) is 5.73 Å². The molecular formula is C25H32N4O4. The van der Waals surface area contributed by atoms with E-state index >= 15 is 0 Å². The van der Waals surface area contributed by atoms with E-state index < -0.39 is 0 Å². The largest absolute Gasteiger partial charge is 0.450 e. The SMILES string of the molecule is CCOC(=O)N1CCC(NC(=O)c2ccc(-c3cccc(CN(C)C(=O)CN)c3)cc2)CC1. The molecule has 1 aliphatic rings. The van der Waals surface area contributed by atoms with E-state index in [-0.39, 0.29) is 30.5 Å². The summed E-state index contributed by atoms with van der Waals surface area (Å²) in [7, 11) is 1.73. The second-order valence-electron chi connectivity index (χ2n) is 8.17. The first-order valence-corrected chi connectivity index (χ1v) is 11.3. The van der Waals surface area contributed by atoms with Crippen molar-refractivity contribution in [1.82, 2.24) is 15.1 Å². The van der Waals surface area contributed by atoms with Gasteiger partial charge in [-0.05, 0) is 54.7 Å². The third kappa shape index (κ3) is 6.55. The van der Waals surface area contributed by atoms with Crippen molar-refractivity contribution in [2.45, 2.75) is 32.4 Å². The van der Waals surface area contributed by atoms with Crippen LogP contribution in [0, 0.1) is 0 Å². The van der Waals surface area contributed by atoms with Gasteiger partial charge in [0.05, 0.1) is 13.2 Å². The summed E-state index contributed by atoms with van der Waals surface area (Å²) in [5.74, 6) is -0.228. The van der Waals surface area contributed by atoms with Crippen molar-refractivity contribution in [1.29, 1.82) is 0 Å². The Labute approximate surface area is 194 Å². The number of nitrogens with one attached hydrogen (secondary N) is 1. The van der Waals surface area contributed by atoms with Gasteiger partial charge in [0.1, 0.15) is 0 Å². The first-order valence-electron chi connectivity index (χ1n) is 11.3. The van der Waals surface area contributed by atoms with Gasteiger partial charge in [-0.3, -0.25) is 9.59 Å². The fraction of sp³-hybridized carbons (Fsp3) is 0.400. The summed E-state index contributed by atoms with van der Waals surface area (Å²) >= 11 is 0. The second kappa shape index (κ2) is 11.5. The Bertz CT molecular complexity index is 969. The molecule has 3 amide bonds. The van der Waals surface area contributed by atoms with Crippen molar-refractivity contribution < 1.29 is 19.1 Å². The van der Waals surface area contributed by atoms with Crippen LogP contribution in [0.1, 0.15) is 35.7 Å². The van der Waals surface area contributed by atoms with Gasteiger partial charge in [-0.2, -0.15) is 0 Å². The Morgan fingerprint density at radius 3 is 2.42 bits per heavy atom. The van der Waals surface area contributed by atoms with Crippen molar-refractivity contribution in [3.8, 4) is 11.1 Å². The number of rotatable bonds is 7. The van der Waals surface area contributed by atoms with Crippen LogP contribution in [0.5, 0.6) is 0 Å². The molecule has 2 aromatic carbocycles. The number of carbonyl (C=O) groups is 3. The van der Waals surface area contributed by atoms with E-state index in [0.29, 0.717) is 44.6 Å². The van der Waals surface area contributed by atoms with Gasteiger partial charge in [0.2, 0.25) is 5.91 Å². The van der Waals surface area contributed by atoms with Crippen molar-refractivity contribution in [3.63, 3.8) is 0 Å². The van der Waals surface area contributed by atoms with E-state index in [1.807, 2.05) is 48.5 Å². The predicted octanol–water partition coefficient (Wildman–Crippen LogP) is 2.62. The zero-order valence-electron chi connectivity index (χ0n) is 19.3. The van der Waals surface area contributed by atoms with Crippen LogP contribution in [-0.4, -0.2) is 67.0 Å². The number of nitrogens with two attached hydrogens (primary N) is 1. The lowest BCUT2D eigenvalue weighted by atomic mass is 10.0. The van der Waals surface area contributed by atoms with Gasteiger partial charge in [0.25, 0.3) is 5.91 Å². The molecule has 0 atom stereocenters. The van der Waals surface area contributed by atoms with Crippen LogP contribution < -0.4 is 11.1 Å². The minimum absolute atomic E-state index is 0.00970. The highest BCUT2D eigenvalue weighted by Gasteiger charge is 2.24. The highest BCUT2D eigenvalue weighted by Crippen LogP contribution is 2.22. The molecule has 0 spiro atoms. The van der Waals surface area contributed by atoms with E-state index in [1.165, 1.54) is 0 Å². The van der Waals surface area contributed by atoms with Crippen molar-refractivity contribution in [3.05, 3.63) is 59.7 Å². The molecular weight excluding hydrogens is 420 g/mol. The molecule has 33 heavy (non-hydrogen) atoms. The molecule has 0 aliphatic carbocycles. The lowest BCUT2D eigenvalue weighted by molar-refractivity contribution is -0.128. The Hall–Kier alpha value is -3.39. The zero-order valence-corrected chi connectivity index (χ0v) is 19.3. The quantitative estimate of drug-likeness (QED) is 0.672. The van der Waals surface area contributed by atoms with Gasteiger partial charge in [-0.15, -0.1) is 0 Å². The van der Waals surface area contributed by atoms with Gasteiger partial charge in [0.15, 0.2) is 0 Å². The Morgan fingerprint density at radius 2 is 1.79 bits per heavy atom. The van der Waals surface area contributed by atoms with Crippen molar-refractivity contribution >= 4 is 17.9 Å². The number of piperidine rings is 1. The van der Waals surface area contributed by atoms with Gasteiger partial charge < -0.3 is 25.6 Å².